The van der Waals surface area contributed by atoms with E-state index in [1.807, 2.05) is 17.5 Å². The Kier molecular flexibility index (Phi) is 4.71. The van der Waals surface area contributed by atoms with Gasteiger partial charge in [0.2, 0.25) is 0 Å². The molecule has 1 aliphatic rings. The van der Waals surface area contributed by atoms with E-state index >= 15 is 0 Å². The standard InChI is InChI=1S/C14H16F3N3O2S2/c15-14(16,17)24(21,22)20-6-2-10(3-7-20)9-19-11-1-5-18-12-4-8-23-13(11)12/h1,4-5,8,10H,2-3,6-7,9H2,(H,18,19). The highest BCUT2D eigenvalue weighted by molar-refractivity contribution is 7.90. The minimum Gasteiger partial charge on any atom is -0.384 e. The van der Waals surface area contributed by atoms with Crippen LogP contribution < -0.4 is 5.32 Å². The van der Waals surface area contributed by atoms with Crippen molar-refractivity contribution in [1.82, 2.24) is 9.29 Å². The third-order valence-electron chi connectivity index (χ3n) is 4.13. The van der Waals surface area contributed by atoms with Gasteiger partial charge in [-0.25, -0.2) is 8.42 Å². The molecular formula is C14H16F3N3O2S2. The van der Waals surface area contributed by atoms with E-state index in [0.717, 1.165) is 15.9 Å². The number of anilines is 1. The van der Waals surface area contributed by atoms with Crippen LogP contribution in [0, 0.1) is 5.92 Å². The first kappa shape index (κ1) is 17.4. The molecule has 0 unspecified atom stereocenters. The molecule has 0 amide bonds. The van der Waals surface area contributed by atoms with Crippen LogP contribution in [0.5, 0.6) is 0 Å². The lowest BCUT2D eigenvalue weighted by molar-refractivity contribution is -0.0496. The van der Waals surface area contributed by atoms with Gasteiger partial charge in [-0.05, 0) is 36.3 Å². The molecular weight excluding hydrogens is 363 g/mol. The first-order valence-electron chi connectivity index (χ1n) is 7.41. The molecule has 0 spiro atoms. The summed E-state index contributed by atoms with van der Waals surface area (Å²) in [5, 5.41) is 5.26. The van der Waals surface area contributed by atoms with Crippen LogP contribution in [0.3, 0.4) is 0 Å². The fourth-order valence-electron chi connectivity index (χ4n) is 2.77. The molecule has 1 aliphatic heterocycles. The molecule has 2 aromatic rings. The van der Waals surface area contributed by atoms with Crippen molar-refractivity contribution in [2.45, 2.75) is 18.3 Å². The van der Waals surface area contributed by atoms with Gasteiger partial charge in [0.1, 0.15) is 0 Å². The highest BCUT2D eigenvalue weighted by atomic mass is 32.2. The predicted octanol–water partition coefficient (Wildman–Crippen LogP) is 3.27. The lowest BCUT2D eigenvalue weighted by atomic mass is 9.98. The summed E-state index contributed by atoms with van der Waals surface area (Å²) in [4.78, 5) is 4.25. The molecule has 0 saturated carbocycles. The van der Waals surface area contributed by atoms with E-state index in [9.17, 15) is 21.6 Å². The first-order chi connectivity index (χ1) is 11.3. The number of thiophene rings is 1. The number of rotatable bonds is 4. The molecule has 5 nitrogen and oxygen atoms in total. The van der Waals surface area contributed by atoms with Crippen molar-refractivity contribution in [2.24, 2.45) is 5.92 Å². The van der Waals surface area contributed by atoms with Crippen molar-refractivity contribution in [3.8, 4) is 0 Å². The summed E-state index contributed by atoms with van der Waals surface area (Å²) in [7, 11) is -5.20. The Morgan fingerprint density at radius 1 is 1.29 bits per heavy atom. The van der Waals surface area contributed by atoms with Crippen LogP contribution in [0.15, 0.2) is 23.7 Å². The normalized spacial score (nSPS) is 18.1. The number of hydrogen-bond donors (Lipinski definition) is 1. The quantitative estimate of drug-likeness (QED) is 0.886. The van der Waals surface area contributed by atoms with Gasteiger partial charge in [-0.3, -0.25) is 4.98 Å². The van der Waals surface area contributed by atoms with Crippen molar-refractivity contribution >= 4 is 37.3 Å². The van der Waals surface area contributed by atoms with E-state index < -0.39 is 15.5 Å². The number of pyridine rings is 1. The highest BCUT2D eigenvalue weighted by Crippen LogP contribution is 2.31. The zero-order chi connectivity index (χ0) is 17.4. The fraction of sp³-hybridized carbons (Fsp3) is 0.500. The molecule has 3 rings (SSSR count). The summed E-state index contributed by atoms with van der Waals surface area (Å²) in [6.45, 7) is 0.398. The SMILES string of the molecule is O=S(=O)(N1CCC(CNc2ccnc3ccsc23)CC1)C(F)(F)F. The molecule has 1 N–H and O–H groups in total. The number of halogens is 3. The predicted molar refractivity (Wildman–Crippen MR) is 87.4 cm³/mol. The molecule has 1 fully saturated rings. The summed E-state index contributed by atoms with van der Waals surface area (Å²) < 4.78 is 62.0. The molecule has 0 atom stereocenters. The largest absolute Gasteiger partial charge is 0.511 e. The van der Waals surface area contributed by atoms with Crippen LogP contribution in [0.4, 0.5) is 18.9 Å². The van der Waals surface area contributed by atoms with Gasteiger partial charge in [0.15, 0.2) is 0 Å². The molecule has 0 aliphatic carbocycles. The maximum Gasteiger partial charge on any atom is 0.511 e. The average Bonchev–Trinajstić information content (AvgIpc) is 3.01. The van der Waals surface area contributed by atoms with E-state index in [0.29, 0.717) is 23.7 Å². The Morgan fingerprint density at radius 3 is 2.67 bits per heavy atom. The van der Waals surface area contributed by atoms with Gasteiger partial charge in [-0.1, -0.05) is 0 Å². The number of nitrogens with zero attached hydrogens (tertiary/aromatic N) is 2. The molecule has 2 aromatic heterocycles. The molecule has 1 saturated heterocycles. The van der Waals surface area contributed by atoms with Gasteiger partial charge in [-0.2, -0.15) is 17.5 Å². The number of nitrogens with one attached hydrogen (secondary N) is 1. The van der Waals surface area contributed by atoms with E-state index in [-0.39, 0.29) is 19.0 Å². The monoisotopic (exact) mass is 379 g/mol. The van der Waals surface area contributed by atoms with Crippen LogP contribution in [0.1, 0.15) is 12.8 Å². The van der Waals surface area contributed by atoms with Crippen LogP contribution >= 0.6 is 11.3 Å². The molecule has 0 bridgehead atoms. The van der Waals surface area contributed by atoms with E-state index in [1.165, 1.54) is 0 Å². The van der Waals surface area contributed by atoms with Gasteiger partial charge >= 0.3 is 15.5 Å². The molecule has 0 radical (unpaired) electrons. The van der Waals surface area contributed by atoms with Gasteiger partial charge in [0.25, 0.3) is 0 Å². The summed E-state index contributed by atoms with van der Waals surface area (Å²) in [5.74, 6) is 0.132. The first-order valence-corrected chi connectivity index (χ1v) is 9.73. The van der Waals surface area contributed by atoms with Crippen LogP contribution in [0.25, 0.3) is 10.2 Å². The maximum absolute atomic E-state index is 12.6. The Hall–Kier alpha value is -1.39. The van der Waals surface area contributed by atoms with Gasteiger partial charge in [0.05, 0.1) is 15.9 Å². The lowest BCUT2D eigenvalue weighted by Gasteiger charge is -2.31. The Bertz CT molecular complexity index is 812. The zero-order valence-corrected chi connectivity index (χ0v) is 14.2. The molecule has 10 heteroatoms. The topological polar surface area (TPSA) is 62.3 Å². The number of alkyl halides is 3. The van der Waals surface area contributed by atoms with Crippen LogP contribution in [0.2, 0.25) is 0 Å². The van der Waals surface area contributed by atoms with Gasteiger partial charge in [0, 0.05) is 25.8 Å². The zero-order valence-electron chi connectivity index (χ0n) is 12.6. The number of aromatic nitrogens is 1. The third kappa shape index (κ3) is 3.35. The second-order valence-corrected chi connectivity index (χ2v) is 8.51. The fourth-order valence-corrected chi connectivity index (χ4v) is 4.59. The average molecular weight is 379 g/mol. The molecule has 0 aromatic carbocycles. The second-order valence-electron chi connectivity index (χ2n) is 5.67. The smallest absolute Gasteiger partial charge is 0.384 e. The summed E-state index contributed by atoms with van der Waals surface area (Å²) in [6, 6.07) is 3.79. The summed E-state index contributed by atoms with van der Waals surface area (Å²) in [5.41, 5.74) is -3.38. The van der Waals surface area contributed by atoms with Crippen LogP contribution in [-0.2, 0) is 10.0 Å². The van der Waals surface area contributed by atoms with Crippen molar-refractivity contribution < 1.29 is 21.6 Å². The minimum atomic E-state index is -5.22. The van der Waals surface area contributed by atoms with Crippen molar-refractivity contribution in [2.75, 3.05) is 25.0 Å². The van der Waals surface area contributed by atoms with E-state index in [1.54, 1.807) is 17.5 Å². The summed E-state index contributed by atoms with van der Waals surface area (Å²) in [6.07, 6.45) is 2.51. The lowest BCUT2D eigenvalue weighted by Crippen LogP contribution is -2.45. The highest BCUT2D eigenvalue weighted by Gasteiger charge is 2.50. The molecule has 3 heterocycles. The Morgan fingerprint density at radius 2 is 2.00 bits per heavy atom. The third-order valence-corrected chi connectivity index (χ3v) is 6.70. The Balaban J connectivity index is 1.58. The molecule has 132 valence electrons. The van der Waals surface area contributed by atoms with E-state index in [4.69, 9.17) is 0 Å². The maximum atomic E-state index is 12.6. The van der Waals surface area contributed by atoms with Crippen molar-refractivity contribution in [3.63, 3.8) is 0 Å². The number of fused-ring (bicyclic) bond motifs is 1. The number of sulfonamides is 1. The minimum absolute atomic E-state index is 0.0983. The number of piperidine rings is 1. The van der Waals surface area contributed by atoms with E-state index in [2.05, 4.69) is 10.3 Å². The van der Waals surface area contributed by atoms with Crippen molar-refractivity contribution in [3.05, 3.63) is 23.7 Å². The van der Waals surface area contributed by atoms with Crippen LogP contribution in [-0.4, -0.2) is 42.8 Å². The molecule has 24 heavy (non-hydrogen) atoms. The Labute approximate surface area is 141 Å². The van der Waals surface area contributed by atoms with Crippen molar-refractivity contribution in [1.29, 1.82) is 0 Å². The summed E-state index contributed by atoms with van der Waals surface area (Å²) >= 11 is 1.57. The second kappa shape index (κ2) is 6.49. The number of hydrogen-bond acceptors (Lipinski definition) is 5. The van der Waals surface area contributed by atoms with Gasteiger partial charge < -0.3 is 5.32 Å². The van der Waals surface area contributed by atoms with Gasteiger partial charge in [-0.15, -0.1) is 11.3 Å².